The smallest absolute Gasteiger partial charge is 0.387 e. The Morgan fingerprint density at radius 1 is 0.622 bits per heavy atom. The van der Waals surface area contributed by atoms with Crippen molar-refractivity contribution in [2.24, 2.45) is 0 Å². The fourth-order valence-electron chi connectivity index (χ4n) is 5.81. The van der Waals surface area contributed by atoms with Crippen LogP contribution in [0.15, 0.2) is 12.2 Å². The predicted molar refractivity (Wildman–Crippen MR) is 190 cm³/mol. The lowest BCUT2D eigenvalue weighted by Crippen LogP contribution is -2.45. The number of phosphoric ester groups is 1. The summed E-state index contributed by atoms with van der Waals surface area (Å²) in [5, 5.41) is 13.3. The van der Waals surface area contributed by atoms with Crippen LogP contribution in [0.5, 0.6) is 0 Å². The summed E-state index contributed by atoms with van der Waals surface area (Å²) < 4.78 is 15.9. The van der Waals surface area contributed by atoms with Crippen molar-refractivity contribution in [3.05, 3.63) is 12.2 Å². The molecule has 0 saturated carbocycles. The van der Waals surface area contributed by atoms with Crippen LogP contribution < -0.4 is 5.32 Å². The zero-order valence-corrected chi connectivity index (χ0v) is 30.4. The van der Waals surface area contributed by atoms with E-state index in [1.54, 1.807) is 6.08 Å². The van der Waals surface area contributed by atoms with E-state index in [1.807, 2.05) is 6.08 Å². The maximum atomic E-state index is 12.5. The van der Waals surface area contributed by atoms with Crippen molar-refractivity contribution < 1.29 is 28.8 Å². The van der Waals surface area contributed by atoms with Gasteiger partial charge in [-0.2, -0.15) is 0 Å². The zero-order valence-electron chi connectivity index (χ0n) is 29.5. The van der Waals surface area contributed by atoms with Gasteiger partial charge in [0.1, 0.15) is 0 Å². The van der Waals surface area contributed by atoms with Crippen molar-refractivity contribution in [2.75, 3.05) is 6.61 Å². The van der Waals surface area contributed by atoms with Gasteiger partial charge in [-0.25, -0.2) is 4.57 Å². The number of unbranched alkanes of at least 4 members (excludes halogenated alkanes) is 26. The van der Waals surface area contributed by atoms with Crippen LogP contribution >= 0.6 is 7.82 Å². The monoisotopic (exact) mass is 660 g/mol. The highest BCUT2D eigenvalue weighted by molar-refractivity contribution is 7.46. The largest absolute Gasteiger partial charge is 0.469 e. The van der Waals surface area contributed by atoms with Gasteiger partial charge in [-0.3, -0.25) is 9.32 Å². The second kappa shape index (κ2) is 33.2. The molecular formula is C37H74NO6P. The topological polar surface area (TPSA) is 116 Å². The van der Waals surface area contributed by atoms with Crippen molar-refractivity contribution in [3.8, 4) is 0 Å². The predicted octanol–water partition coefficient (Wildman–Crippen LogP) is 10.9. The van der Waals surface area contributed by atoms with Crippen molar-refractivity contribution in [1.82, 2.24) is 5.32 Å². The number of rotatable bonds is 35. The summed E-state index contributed by atoms with van der Waals surface area (Å²) in [6, 6.07) is -0.903. The molecule has 0 radical (unpaired) electrons. The van der Waals surface area contributed by atoms with Crippen molar-refractivity contribution in [2.45, 2.75) is 212 Å². The first-order valence-corrected chi connectivity index (χ1v) is 20.7. The van der Waals surface area contributed by atoms with Crippen molar-refractivity contribution in [3.63, 3.8) is 0 Å². The summed E-state index contributed by atoms with van der Waals surface area (Å²) in [6.45, 7) is 4.07. The quantitative estimate of drug-likeness (QED) is 0.0306. The summed E-state index contributed by atoms with van der Waals surface area (Å²) in [5.74, 6) is -0.225. The van der Waals surface area contributed by atoms with Crippen LogP contribution in [0.25, 0.3) is 0 Å². The number of allylic oxidation sites excluding steroid dienone is 1. The van der Waals surface area contributed by atoms with Crippen LogP contribution in [-0.4, -0.2) is 39.6 Å². The molecule has 0 aliphatic heterocycles. The molecule has 268 valence electrons. The molecule has 0 aromatic heterocycles. The third-order valence-electron chi connectivity index (χ3n) is 8.75. The number of aliphatic hydroxyl groups is 1. The van der Waals surface area contributed by atoms with E-state index in [2.05, 4.69) is 23.7 Å². The molecule has 4 N–H and O–H groups in total. The first-order valence-electron chi connectivity index (χ1n) is 19.1. The lowest BCUT2D eigenvalue weighted by molar-refractivity contribution is -0.123. The first kappa shape index (κ1) is 44.3. The Morgan fingerprint density at radius 3 is 1.36 bits per heavy atom. The average Bonchev–Trinajstić information content (AvgIpc) is 3.00. The molecule has 0 aromatic rings. The molecule has 0 aliphatic carbocycles. The highest BCUT2D eigenvalue weighted by atomic mass is 31.2. The number of phosphoric acid groups is 1. The highest BCUT2D eigenvalue weighted by Gasteiger charge is 2.24. The summed E-state index contributed by atoms with van der Waals surface area (Å²) in [5.41, 5.74) is 0. The number of carbonyl (C=O) groups excluding carboxylic acids is 1. The van der Waals surface area contributed by atoms with Crippen molar-refractivity contribution in [1.29, 1.82) is 0 Å². The van der Waals surface area contributed by atoms with Gasteiger partial charge in [0.15, 0.2) is 0 Å². The van der Waals surface area contributed by atoms with Gasteiger partial charge in [0.2, 0.25) is 5.91 Å². The Hall–Kier alpha value is -0.720. The molecule has 0 bridgehead atoms. The summed E-state index contributed by atoms with van der Waals surface area (Å²) in [6.07, 6.45) is 38.0. The molecule has 45 heavy (non-hydrogen) atoms. The highest BCUT2D eigenvalue weighted by Crippen LogP contribution is 2.35. The molecule has 0 aromatic carbocycles. The van der Waals surface area contributed by atoms with E-state index in [0.717, 1.165) is 38.5 Å². The normalized spacial score (nSPS) is 13.4. The molecule has 7 nitrogen and oxygen atoms in total. The Labute approximate surface area is 278 Å². The number of hydrogen-bond donors (Lipinski definition) is 4. The van der Waals surface area contributed by atoms with Crippen LogP contribution in [0.4, 0.5) is 0 Å². The van der Waals surface area contributed by atoms with Gasteiger partial charge < -0.3 is 20.2 Å². The molecular weight excluding hydrogens is 585 g/mol. The number of hydrogen-bond acceptors (Lipinski definition) is 4. The minimum atomic E-state index is -4.70. The van der Waals surface area contributed by atoms with E-state index >= 15 is 0 Å². The second-order valence-corrected chi connectivity index (χ2v) is 14.5. The third-order valence-corrected chi connectivity index (χ3v) is 9.23. The maximum Gasteiger partial charge on any atom is 0.469 e. The number of aliphatic hydroxyl groups excluding tert-OH is 1. The summed E-state index contributed by atoms with van der Waals surface area (Å²) >= 11 is 0. The van der Waals surface area contributed by atoms with Gasteiger partial charge >= 0.3 is 7.82 Å². The minimum Gasteiger partial charge on any atom is -0.387 e. The lowest BCUT2D eigenvalue weighted by atomic mass is 10.0. The van der Waals surface area contributed by atoms with E-state index < -0.39 is 26.6 Å². The van der Waals surface area contributed by atoms with Crippen LogP contribution in [0.2, 0.25) is 0 Å². The van der Waals surface area contributed by atoms with Crippen LogP contribution in [0.3, 0.4) is 0 Å². The summed E-state index contributed by atoms with van der Waals surface area (Å²) in [4.78, 5) is 30.8. The number of carbonyl (C=O) groups is 1. The minimum absolute atomic E-state index is 0.225. The van der Waals surface area contributed by atoms with Crippen molar-refractivity contribution >= 4 is 13.7 Å². The standard InChI is InChI=1S/C37H74NO6P/c1-3-5-7-9-11-13-15-17-18-19-21-22-24-26-28-30-32-36(39)35(34-44-45(41,42)43)38-37(40)33-31-29-27-25-23-20-16-14-12-10-8-6-4-2/h30,32,35-36,39H,3-29,31,33-34H2,1-2H3,(H,38,40)(H2,41,42,43)/b32-30+/t35-,36+/m0/s1. The van der Waals surface area contributed by atoms with E-state index in [1.165, 1.54) is 141 Å². The van der Waals surface area contributed by atoms with Gasteiger partial charge in [-0.15, -0.1) is 0 Å². The Morgan fingerprint density at radius 2 is 0.978 bits per heavy atom. The van der Waals surface area contributed by atoms with E-state index in [9.17, 15) is 14.5 Å². The van der Waals surface area contributed by atoms with Gasteiger partial charge in [0.05, 0.1) is 18.8 Å². The Bertz CT molecular complexity index is 713. The first-order chi connectivity index (χ1) is 21.8. The summed E-state index contributed by atoms with van der Waals surface area (Å²) in [7, 11) is -4.70. The zero-order chi connectivity index (χ0) is 33.3. The molecule has 0 unspecified atom stereocenters. The second-order valence-electron chi connectivity index (χ2n) is 13.3. The van der Waals surface area contributed by atoms with Crippen LogP contribution in [-0.2, 0) is 13.9 Å². The van der Waals surface area contributed by atoms with E-state index in [4.69, 9.17) is 9.79 Å². The van der Waals surface area contributed by atoms with Crippen LogP contribution in [0, 0.1) is 0 Å². The average molecular weight is 660 g/mol. The Kier molecular flexibility index (Phi) is 32.7. The number of nitrogens with one attached hydrogen (secondary N) is 1. The third kappa shape index (κ3) is 34.4. The molecule has 0 spiro atoms. The fourth-order valence-corrected chi connectivity index (χ4v) is 6.17. The molecule has 0 heterocycles. The lowest BCUT2D eigenvalue weighted by Gasteiger charge is -2.22. The maximum absolute atomic E-state index is 12.5. The SMILES string of the molecule is CCCCCCCCCCCCCCCC/C=C/[C@@H](O)[C@H](COP(=O)(O)O)NC(=O)CCCCCCCCCCCCCCC. The molecule has 0 saturated heterocycles. The fraction of sp³-hybridized carbons (Fsp3) is 0.919. The molecule has 0 fully saturated rings. The van der Waals surface area contributed by atoms with E-state index in [-0.39, 0.29) is 5.91 Å². The van der Waals surface area contributed by atoms with E-state index in [0.29, 0.717) is 6.42 Å². The van der Waals surface area contributed by atoms with Crippen LogP contribution in [0.1, 0.15) is 200 Å². The van der Waals surface area contributed by atoms with Gasteiger partial charge in [0.25, 0.3) is 0 Å². The molecule has 0 aliphatic rings. The Balaban J connectivity index is 4.01. The van der Waals surface area contributed by atoms with Gasteiger partial charge in [-0.05, 0) is 19.3 Å². The van der Waals surface area contributed by atoms with Gasteiger partial charge in [0, 0.05) is 6.42 Å². The molecule has 8 heteroatoms. The molecule has 2 atom stereocenters. The number of amides is 1. The molecule has 1 amide bonds. The molecule has 0 rings (SSSR count). The van der Waals surface area contributed by atoms with Gasteiger partial charge in [-0.1, -0.05) is 187 Å².